The number of hydrogen-bond donors (Lipinski definition) is 0. The molecular formula is C15H20F3N5O. The Morgan fingerprint density at radius 1 is 1.25 bits per heavy atom. The molecule has 0 aromatic carbocycles. The highest BCUT2D eigenvalue weighted by Crippen LogP contribution is 2.29. The molecular weight excluding hydrogens is 323 g/mol. The number of morpholine rings is 1. The number of anilines is 1. The van der Waals surface area contributed by atoms with Gasteiger partial charge in [-0.3, -0.25) is 0 Å². The maximum atomic E-state index is 13.0. The van der Waals surface area contributed by atoms with Crippen LogP contribution in [0, 0.1) is 6.92 Å². The van der Waals surface area contributed by atoms with E-state index in [1.807, 2.05) is 13.8 Å². The Morgan fingerprint density at radius 2 is 2.00 bits per heavy atom. The van der Waals surface area contributed by atoms with E-state index in [0.29, 0.717) is 24.7 Å². The topological polar surface area (TPSA) is 55.6 Å². The number of ether oxygens (including phenoxy) is 1. The van der Waals surface area contributed by atoms with Crippen LogP contribution in [0.4, 0.5) is 19.0 Å². The van der Waals surface area contributed by atoms with Gasteiger partial charge < -0.3 is 9.64 Å². The maximum Gasteiger partial charge on any atom is 0.453 e. The standard InChI is InChI=1S/C15H20F3N5O/c1-4-10-8-24-11(5-2)7-22(10)12-6-9(3)19-14-20-13(15(16,17)18)21-23(12)14/h6,10-11H,4-5,7-8H2,1-3H3/t10-,11-/m0/s1. The van der Waals surface area contributed by atoms with Crippen molar-refractivity contribution in [3.63, 3.8) is 0 Å². The molecule has 3 heterocycles. The highest BCUT2D eigenvalue weighted by atomic mass is 19.4. The summed E-state index contributed by atoms with van der Waals surface area (Å²) in [6.45, 7) is 6.94. The number of rotatable bonds is 3. The van der Waals surface area contributed by atoms with E-state index in [0.717, 1.165) is 12.8 Å². The normalized spacial score (nSPS) is 22.3. The van der Waals surface area contributed by atoms with Crippen LogP contribution >= 0.6 is 0 Å². The van der Waals surface area contributed by atoms with E-state index in [2.05, 4.69) is 20.0 Å². The summed E-state index contributed by atoms with van der Waals surface area (Å²) in [4.78, 5) is 9.70. The van der Waals surface area contributed by atoms with Gasteiger partial charge in [0.2, 0.25) is 0 Å². The minimum Gasteiger partial charge on any atom is -0.374 e. The van der Waals surface area contributed by atoms with Gasteiger partial charge in [0.15, 0.2) is 0 Å². The van der Waals surface area contributed by atoms with Gasteiger partial charge in [-0.25, -0.2) is 4.98 Å². The Bertz CT molecular complexity index is 730. The number of fused-ring (bicyclic) bond motifs is 1. The van der Waals surface area contributed by atoms with Crippen LogP contribution in [0.25, 0.3) is 5.78 Å². The summed E-state index contributed by atoms with van der Waals surface area (Å²) in [6.07, 6.45) is -2.90. The zero-order valence-electron chi connectivity index (χ0n) is 13.8. The van der Waals surface area contributed by atoms with Crippen LogP contribution in [0.2, 0.25) is 0 Å². The maximum absolute atomic E-state index is 13.0. The van der Waals surface area contributed by atoms with Gasteiger partial charge in [0.1, 0.15) is 5.82 Å². The fraction of sp³-hybridized carbons (Fsp3) is 0.667. The van der Waals surface area contributed by atoms with Crippen molar-refractivity contribution < 1.29 is 17.9 Å². The second kappa shape index (κ2) is 6.19. The molecule has 1 saturated heterocycles. The minimum absolute atomic E-state index is 0.0354. The van der Waals surface area contributed by atoms with Gasteiger partial charge in [-0.2, -0.15) is 22.7 Å². The quantitative estimate of drug-likeness (QED) is 0.858. The van der Waals surface area contributed by atoms with Gasteiger partial charge in [0, 0.05) is 18.3 Å². The van der Waals surface area contributed by atoms with Crippen molar-refractivity contribution in [2.75, 3.05) is 18.1 Å². The SMILES string of the molecule is CC[C@H]1CN(c2cc(C)nc3nc(C(F)(F)F)nn23)[C@@H](CC)CO1. The molecule has 1 aliphatic rings. The van der Waals surface area contributed by atoms with Crippen LogP contribution in [-0.4, -0.2) is 44.9 Å². The lowest BCUT2D eigenvalue weighted by atomic mass is 10.1. The third-order valence-corrected chi connectivity index (χ3v) is 4.26. The Morgan fingerprint density at radius 3 is 2.62 bits per heavy atom. The van der Waals surface area contributed by atoms with Crippen molar-refractivity contribution in [1.82, 2.24) is 19.6 Å². The fourth-order valence-electron chi connectivity index (χ4n) is 2.92. The number of aromatic nitrogens is 4. The molecule has 2 aromatic rings. The lowest BCUT2D eigenvalue weighted by Gasteiger charge is -2.40. The van der Waals surface area contributed by atoms with E-state index in [1.165, 1.54) is 4.52 Å². The molecule has 1 fully saturated rings. The molecule has 0 bridgehead atoms. The average Bonchev–Trinajstić information content (AvgIpc) is 2.97. The van der Waals surface area contributed by atoms with Gasteiger partial charge in [-0.15, -0.1) is 5.10 Å². The predicted octanol–water partition coefficient (Wildman–Crippen LogP) is 2.85. The van der Waals surface area contributed by atoms with E-state index >= 15 is 0 Å². The molecule has 0 spiro atoms. The molecule has 24 heavy (non-hydrogen) atoms. The van der Waals surface area contributed by atoms with Gasteiger partial charge in [-0.05, 0) is 19.8 Å². The van der Waals surface area contributed by atoms with Crippen LogP contribution in [0.15, 0.2) is 6.07 Å². The number of halogens is 3. The van der Waals surface area contributed by atoms with E-state index in [4.69, 9.17) is 4.74 Å². The molecule has 6 nitrogen and oxygen atoms in total. The first-order valence-corrected chi connectivity index (χ1v) is 8.03. The molecule has 1 aliphatic heterocycles. The summed E-state index contributed by atoms with van der Waals surface area (Å²) in [7, 11) is 0. The second-order valence-electron chi connectivity index (χ2n) is 5.98. The zero-order chi connectivity index (χ0) is 17.5. The van der Waals surface area contributed by atoms with Crippen molar-refractivity contribution in [2.45, 2.75) is 51.9 Å². The molecule has 2 atom stereocenters. The van der Waals surface area contributed by atoms with Crippen LogP contribution in [0.5, 0.6) is 0 Å². The number of aryl methyl sites for hydroxylation is 1. The Kier molecular flexibility index (Phi) is 4.37. The average molecular weight is 343 g/mol. The first-order chi connectivity index (χ1) is 11.3. The smallest absolute Gasteiger partial charge is 0.374 e. The fourth-order valence-corrected chi connectivity index (χ4v) is 2.92. The van der Waals surface area contributed by atoms with Crippen molar-refractivity contribution in [2.24, 2.45) is 0 Å². The van der Waals surface area contributed by atoms with Crippen LogP contribution in [0.3, 0.4) is 0 Å². The van der Waals surface area contributed by atoms with Crippen molar-refractivity contribution in [3.8, 4) is 0 Å². The molecule has 0 aliphatic carbocycles. The summed E-state index contributed by atoms with van der Waals surface area (Å²) in [5, 5.41) is 3.66. The van der Waals surface area contributed by atoms with Crippen LogP contribution < -0.4 is 4.90 Å². The Labute approximate surface area is 137 Å². The van der Waals surface area contributed by atoms with E-state index in [1.54, 1.807) is 13.0 Å². The van der Waals surface area contributed by atoms with Crippen LogP contribution in [-0.2, 0) is 10.9 Å². The Hall–Kier alpha value is -1.90. The zero-order valence-corrected chi connectivity index (χ0v) is 13.8. The molecule has 2 aromatic heterocycles. The third-order valence-electron chi connectivity index (χ3n) is 4.26. The molecule has 0 amide bonds. The predicted molar refractivity (Wildman–Crippen MR) is 82.0 cm³/mol. The first kappa shape index (κ1) is 16.9. The van der Waals surface area contributed by atoms with Crippen molar-refractivity contribution in [1.29, 1.82) is 0 Å². The number of nitrogens with zero attached hydrogens (tertiary/aromatic N) is 5. The summed E-state index contributed by atoms with van der Waals surface area (Å²) < 4.78 is 45.9. The third kappa shape index (κ3) is 3.04. The molecule has 0 saturated carbocycles. The van der Waals surface area contributed by atoms with E-state index in [-0.39, 0.29) is 17.9 Å². The minimum atomic E-state index is -4.60. The molecule has 0 radical (unpaired) electrons. The van der Waals surface area contributed by atoms with Gasteiger partial charge in [0.25, 0.3) is 11.6 Å². The van der Waals surface area contributed by atoms with Gasteiger partial charge in [-0.1, -0.05) is 13.8 Å². The highest BCUT2D eigenvalue weighted by Gasteiger charge is 2.37. The van der Waals surface area contributed by atoms with Crippen molar-refractivity contribution >= 4 is 11.6 Å². The first-order valence-electron chi connectivity index (χ1n) is 8.03. The molecule has 9 heteroatoms. The number of hydrogen-bond acceptors (Lipinski definition) is 5. The molecule has 3 rings (SSSR count). The Balaban J connectivity index is 2.11. The van der Waals surface area contributed by atoms with Crippen LogP contribution in [0.1, 0.15) is 38.2 Å². The monoisotopic (exact) mass is 343 g/mol. The molecule has 132 valence electrons. The molecule has 0 N–H and O–H groups in total. The summed E-state index contributed by atoms with van der Waals surface area (Å²) in [5.41, 5.74) is 0.605. The number of alkyl halides is 3. The largest absolute Gasteiger partial charge is 0.453 e. The molecule has 0 unspecified atom stereocenters. The highest BCUT2D eigenvalue weighted by molar-refractivity contribution is 5.49. The second-order valence-corrected chi connectivity index (χ2v) is 5.98. The van der Waals surface area contributed by atoms with E-state index < -0.39 is 12.0 Å². The van der Waals surface area contributed by atoms with E-state index in [9.17, 15) is 13.2 Å². The summed E-state index contributed by atoms with van der Waals surface area (Å²) >= 11 is 0. The van der Waals surface area contributed by atoms with Crippen molar-refractivity contribution in [3.05, 3.63) is 17.6 Å². The van der Waals surface area contributed by atoms with Gasteiger partial charge >= 0.3 is 6.18 Å². The lowest BCUT2D eigenvalue weighted by molar-refractivity contribution is -0.144. The van der Waals surface area contributed by atoms with Gasteiger partial charge in [0.05, 0.1) is 18.8 Å². The summed E-state index contributed by atoms with van der Waals surface area (Å²) in [5.74, 6) is -0.629. The summed E-state index contributed by atoms with van der Waals surface area (Å²) in [6, 6.07) is 1.83. The lowest BCUT2D eigenvalue weighted by Crippen LogP contribution is -2.50.